The summed E-state index contributed by atoms with van der Waals surface area (Å²) in [7, 11) is 1.67. The van der Waals surface area contributed by atoms with E-state index in [1.54, 1.807) is 7.05 Å². The van der Waals surface area contributed by atoms with Crippen LogP contribution in [0.1, 0.15) is 62.1 Å². The van der Waals surface area contributed by atoms with E-state index in [0.29, 0.717) is 23.9 Å². The lowest BCUT2D eigenvalue weighted by molar-refractivity contribution is -0.120. The van der Waals surface area contributed by atoms with Gasteiger partial charge in [-0.25, -0.2) is 0 Å². The predicted molar refractivity (Wildman–Crippen MR) is 148 cm³/mol. The number of nitrogens with zero attached hydrogens (tertiary/aromatic N) is 1. The Bertz CT molecular complexity index is 1340. The largest absolute Gasteiger partial charge is 0.494 e. The van der Waals surface area contributed by atoms with Crippen molar-refractivity contribution in [1.29, 1.82) is 0 Å². The van der Waals surface area contributed by atoms with Gasteiger partial charge in [-0.3, -0.25) is 9.89 Å². The number of carbonyl (C=O) groups is 1. The first-order valence-electron chi connectivity index (χ1n) is 13.0. The van der Waals surface area contributed by atoms with Gasteiger partial charge in [0.25, 0.3) is 0 Å². The molecule has 0 atom stereocenters. The summed E-state index contributed by atoms with van der Waals surface area (Å²) in [5.41, 5.74) is 6.00. The third-order valence-corrected chi connectivity index (χ3v) is 6.56. The second kappa shape index (κ2) is 12.9. The van der Waals surface area contributed by atoms with E-state index in [1.165, 1.54) is 5.57 Å². The van der Waals surface area contributed by atoms with Crippen molar-refractivity contribution in [3.8, 4) is 5.75 Å². The number of carbonyl (C=O) groups excluding carboxylic acids is 1. The highest BCUT2D eigenvalue weighted by atomic mass is 19.1. The van der Waals surface area contributed by atoms with Gasteiger partial charge in [-0.15, -0.1) is 0 Å². The van der Waals surface area contributed by atoms with Gasteiger partial charge >= 0.3 is 0 Å². The lowest BCUT2D eigenvalue weighted by atomic mass is 9.88. The monoisotopic (exact) mass is 499 g/mol. The van der Waals surface area contributed by atoms with Crippen LogP contribution < -0.4 is 10.1 Å². The maximum absolute atomic E-state index is 14.4. The summed E-state index contributed by atoms with van der Waals surface area (Å²) in [5.74, 6) is 0.493. The Morgan fingerprint density at radius 3 is 2.38 bits per heavy atom. The van der Waals surface area contributed by atoms with Gasteiger partial charge in [0.2, 0.25) is 11.9 Å². The number of H-pyrrole nitrogens is 1. The summed E-state index contributed by atoms with van der Waals surface area (Å²) in [4.78, 5) is 11.3. The molecule has 192 valence electrons. The van der Waals surface area contributed by atoms with Crippen LogP contribution in [-0.4, -0.2) is 29.8 Å². The zero-order chi connectivity index (χ0) is 26.0. The lowest BCUT2D eigenvalue weighted by Crippen LogP contribution is -2.16. The molecule has 2 N–H and O–H groups in total. The number of aromatic amines is 1. The minimum Gasteiger partial charge on any atom is -0.494 e. The Morgan fingerprint density at radius 2 is 1.65 bits per heavy atom. The molecule has 0 fully saturated rings. The molecule has 37 heavy (non-hydrogen) atoms. The summed E-state index contributed by atoms with van der Waals surface area (Å²) in [6.45, 7) is 2.79. The molecule has 0 bridgehead atoms. The van der Waals surface area contributed by atoms with Crippen molar-refractivity contribution in [3.63, 3.8) is 0 Å². The lowest BCUT2D eigenvalue weighted by Gasteiger charge is -2.17. The van der Waals surface area contributed by atoms with E-state index < -0.39 is 5.95 Å². The number of nitrogens with one attached hydrogen (secondary N) is 2. The highest BCUT2D eigenvalue weighted by molar-refractivity contribution is 6.00. The molecule has 4 rings (SSSR count). The first-order valence-corrected chi connectivity index (χ1v) is 13.0. The molecule has 3 aromatic carbocycles. The molecule has 0 aliphatic carbocycles. The summed E-state index contributed by atoms with van der Waals surface area (Å²) in [6.07, 6.45) is 5.31. The van der Waals surface area contributed by atoms with Crippen LogP contribution in [0.4, 0.5) is 4.39 Å². The van der Waals surface area contributed by atoms with Gasteiger partial charge in [0.15, 0.2) is 0 Å². The van der Waals surface area contributed by atoms with Crippen LogP contribution in [0.5, 0.6) is 5.75 Å². The topological polar surface area (TPSA) is 67.0 Å². The molecule has 0 aliphatic heterocycles. The van der Waals surface area contributed by atoms with Crippen molar-refractivity contribution < 1.29 is 13.9 Å². The molecule has 0 spiro atoms. The van der Waals surface area contributed by atoms with Crippen molar-refractivity contribution in [2.45, 2.75) is 45.4 Å². The molecule has 0 aliphatic rings. The van der Waals surface area contributed by atoms with Crippen LogP contribution in [-0.2, 0) is 4.79 Å². The van der Waals surface area contributed by atoms with Gasteiger partial charge in [-0.1, -0.05) is 68.3 Å². The van der Waals surface area contributed by atoms with Crippen molar-refractivity contribution >= 4 is 28.0 Å². The van der Waals surface area contributed by atoms with Crippen LogP contribution in [0.15, 0.2) is 72.8 Å². The first kappa shape index (κ1) is 26.1. The number of halogens is 1. The van der Waals surface area contributed by atoms with Gasteiger partial charge in [-0.05, 0) is 71.4 Å². The molecule has 1 aromatic heterocycles. The Kier molecular flexibility index (Phi) is 9.08. The number of benzene rings is 3. The molecule has 0 saturated heterocycles. The maximum atomic E-state index is 14.4. The van der Waals surface area contributed by atoms with E-state index in [9.17, 15) is 9.18 Å². The average Bonchev–Trinajstić information content (AvgIpc) is 3.31. The second-order valence-electron chi connectivity index (χ2n) is 9.05. The van der Waals surface area contributed by atoms with Gasteiger partial charge in [0.1, 0.15) is 5.75 Å². The Hall–Kier alpha value is -3.93. The Labute approximate surface area is 217 Å². The van der Waals surface area contributed by atoms with Crippen molar-refractivity contribution in [1.82, 2.24) is 15.5 Å². The smallest absolute Gasteiger partial charge is 0.219 e. The summed E-state index contributed by atoms with van der Waals surface area (Å²) < 4.78 is 20.3. The highest BCUT2D eigenvalue weighted by Gasteiger charge is 2.15. The fourth-order valence-electron chi connectivity index (χ4n) is 4.59. The number of hydrogen-bond acceptors (Lipinski definition) is 3. The molecular weight excluding hydrogens is 465 g/mol. The van der Waals surface area contributed by atoms with E-state index in [2.05, 4.69) is 46.7 Å². The SMILES string of the molecule is CC/C(=C(/c1ccc(OCCCCCCC(=O)NC)cc1)c1ccc2n[nH]c(F)c2c1)c1ccccc1. The van der Waals surface area contributed by atoms with Crippen molar-refractivity contribution in [2.24, 2.45) is 0 Å². The molecule has 0 saturated carbocycles. The normalized spacial score (nSPS) is 11.9. The molecule has 1 heterocycles. The number of hydrogen-bond donors (Lipinski definition) is 2. The van der Waals surface area contributed by atoms with Crippen LogP contribution in [0.3, 0.4) is 0 Å². The van der Waals surface area contributed by atoms with E-state index in [0.717, 1.165) is 60.1 Å². The Morgan fingerprint density at radius 1 is 0.919 bits per heavy atom. The van der Waals surface area contributed by atoms with Crippen molar-refractivity contribution in [2.75, 3.05) is 13.7 Å². The summed E-state index contributed by atoms with van der Waals surface area (Å²) in [5, 5.41) is 9.61. The molecule has 0 unspecified atom stereocenters. The molecule has 0 radical (unpaired) electrons. The fraction of sp³-hybridized carbons (Fsp3) is 0.290. The number of unbranched alkanes of at least 4 members (excludes halogenated alkanes) is 3. The van der Waals surface area contributed by atoms with Crippen LogP contribution >= 0.6 is 0 Å². The zero-order valence-electron chi connectivity index (χ0n) is 21.5. The molecule has 4 aromatic rings. The Balaban J connectivity index is 1.53. The number of allylic oxidation sites excluding steroid dienone is 1. The van der Waals surface area contributed by atoms with E-state index in [4.69, 9.17) is 4.74 Å². The third-order valence-electron chi connectivity index (χ3n) is 6.56. The predicted octanol–water partition coefficient (Wildman–Crippen LogP) is 7.15. The quantitative estimate of drug-likeness (QED) is 0.161. The average molecular weight is 500 g/mol. The molecule has 1 amide bonds. The van der Waals surface area contributed by atoms with Gasteiger partial charge in [0.05, 0.1) is 17.5 Å². The van der Waals surface area contributed by atoms with Gasteiger partial charge in [0, 0.05) is 13.5 Å². The van der Waals surface area contributed by atoms with E-state index in [-0.39, 0.29) is 5.91 Å². The van der Waals surface area contributed by atoms with Gasteiger partial charge in [-0.2, -0.15) is 9.49 Å². The third kappa shape index (κ3) is 6.64. The molecule has 5 nitrogen and oxygen atoms in total. The van der Waals surface area contributed by atoms with E-state index in [1.807, 2.05) is 48.5 Å². The van der Waals surface area contributed by atoms with Crippen LogP contribution in [0.2, 0.25) is 0 Å². The van der Waals surface area contributed by atoms with E-state index >= 15 is 0 Å². The summed E-state index contributed by atoms with van der Waals surface area (Å²) in [6, 6.07) is 24.2. The van der Waals surface area contributed by atoms with Crippen LogP contribution in [0.25, 0.3) is 22.0 Å². The minimum absolute atomic E-state index is 0.0954. The standard InChI is InChI=1S/C31H34FN3O2/c1-3-26(22-11-7-6-8-12-22)30(24-16-19-28-27(21-24)31(32)35-34-28)23-14-17-25(18-15-23)37-20-10-5-4-9-13-29(36)33-2/h6-8,11-12,14-19,21H,3-5,9-10,13,20H2,1-2H3,(H,33,36)(H,34,35)/b30-26+. The number of rotatable bonds is 12. The molecule has 6 heteroatoms. The van der Waals surface area contributed by atoms with Crippen molar-refractivity contribution in [3.05, 3.63) is 95.4 Å². The highest BCUT2D eigenvalue weighted by Crippen LogP contribution is 2.36. The number of ether oxygens (including phenoxy) is 1. The minimum atomic E-state index is -0.425. The number of aromatic nitrogens is 2. The van der Waals surface area contributed by atoms with Gasteiger partial charge < -0.3 is 10.1 Å². The fourth-order valence-corrected chi connectivity index (χ4v) is 4.59. The summed E-state index contributed by atoms with van der Waals surface area (Å²) >= 11 is 0. The zero-order valence-corrected chi connectivity index (χ0v) is 21.5. The first-order chi connectivity index (χ1) is 18.1. The maximum Gasteiger partial charge on any atom is 0.219 e. The number of amides is 1. The van der Waals surface area contributed by atoms with Crippen LogP contribution in [0, 0.1) is 5.95 Å². The molecular formula is C31H34FN3O2. The second-order valence-corrected chi connectivity index (χ2v) is 9.05. The number of fused-ring (bicyclic) bond motifs is 1.